The number of aliphatic carboxylic acids is 1. The number of carboxylic acids is 1. The lowest BCUT2D eigenvalue weighted by Gasteiger charge is -2.26. The summed E-state index contributed by atoms with van der Waals surface area (Å²) in [5.41, 5.74) is 0. The fraction of sp³-hybridized carbons (Fsp3) is 0.750. The van der Waals surface area contributed by atoms with E-state index in [-0.39, 0.29) is 23.8 Å². The number of nitrogens with zero attached hydrogens (tertiary/aromatic N) is 2. The number of amides is 1. The number of nitriles is 1. The normalized spacial score (nSPS) is 25.0. The smallest absolute Gasteiger partial charge is 0.306 e. The Morgan fingerprint density at radius 3 is 2.53 bits per heavy atom. The van der Waals surface area contributed by atoms with Crippen molar-refractivity contribution in [2.75, 3.05) is 7.05 Å². The summed E-state index contributed by atoms with van der Waals surface area (Å²) in [6, 6.07) is 1.92. The quantitative estimate of drug-likeness (QED) is 0.799. The van der Waals surface area contributed by atoms with Crippen LogP contribution in [-0.2, 0) is 9.59 Å². The standard InChI is InChI=1S/C12H18N2O3/c1-8(5-6-13)14(2)11(15)9-3-4-10(7-9)12(16)17/h8-10H,3-5,7H2,1-2H3,(H,16,17). The van der Waals surface area contributed by atoms with Gasteiger partial charge in [-0.05, 0) is 26.2 Å². The molecule has 0 aromatic rings. The molecule has 0 radical (unpaired) electrons. The van der Waals surface area contributed by atoms with Gasteiger partial charge in [0.2, 0.25) is 5.91 Å². The summed E-state index contributed by atoms with van der Waals surface area (Å²) in [5, 5.41) is 17.5. The lowest BCUT2D eigenvalue weighted by molar-refractivity contribution is -0.141. The number of hydrogen-bond acceptors (Lipinski definition) is 3. The first-order valence-electron chi connectivity index (χ1n) is 5.83. The molecule has 1 N–H and O–H groups in total. The second kappa shape index (κ2) is 5.67. The monoisotopic (exact) mass is 238 g/mol. The van der Waals surface area contributed by atoms with Crippen LogP contribution < -0.4 is 0 Å². The van der Waals surface area contributed by atoms with Crippen molar-refractivity contribution in [2.45, 2.75) is 38.6 Å². The van der Waals surface area contributed by atoms with Crippen LogP contribution in [0.25, 0.3) is 0 Å². The highest BCUT2D eigenvalue weighted by Gasteiger charge is 2.35. The summed E-state index contributed by atoms with van der Waals surface area (Å²) in [4.78, 5) is 24.4. The molecule has 0 spiro atoms. The molecule has 1 aliphatic carbocycles. The van der Waals surface area contributed by atoms with Gasteiger partial charge in [-0.3, -0.25) is 9.59 Å². The lowest BCUT2D eigenvalue weighted by atomic mass is 10.0. The summed E-state index contributed by atoms with van der Waals surface area (Å²) < 4.78 is 0. The number of hydrogen-bond donors (Lipinski definition) is 1. The second-order valence-electron chi connectivity index (χ2n) is 4.71. The number of rotatable bonds is 4. The minimum Gasteiger partial charge on any atom is -0.481 e. The van der Waals surface area contributed by atoms with Crippen LogP contribution in [0.15, 0.2) is 0 Å². The predicted molar refractivity (Wildman–Crippen MR) is 60.9 cm³/mol. The second-order valence-corrected chi connectivity index (χ2v) is 4.71. The zero-order valence-corrected chi connectivity index (χ0v) is 10.2. The van der Waals surface area contributed by atoms with E-state index in [0.29, 0.717) is 25.7 Å². The number of carboxylic acid groups (broad SMARTS) is 1. The molecule has 0 bridgehead atoms. The Morgan fingerprint density at radius 2 is 2.06 bits per heavy atom. The fourth-order valence-corrected chi connectivity index (χ4v) is 2.20. The van der Waals surface area contributed by atoms with Gasteiger partial charge in [0.15, 0.2) is 0 Å². The maximum absolute atomic E-state index is 12.1. The van der Waals surface area contributed by atoms with Crippen LogP contribution >= 0.6 is 0 Å². The molecule has 3 unspecified atom stereocenters. The predicted octanol–water partition coefficient (Wildman–Crippen LogP) is 1.25. The van der Waals surface area contributed by atoms with Gasteiger partial charge in [0, 0.05) is 19.0 Å². The van der Waals surface area contributed by atoms with Crippen LogP contribution in [0.3, 0.4) is 0 Å². The maximum atomic E-state index is 12.1. The molecule has 0 aromatic heterocycles. The van der Waals surface area contributed by atoms with Crippen LogP contribution in [0, 0.1) is 23.2 Å². The Labute approximate surface area is 101 Å². The van der Waals surface area contributed by atoms with E-state index in [1.54, 1.807) is 11.9 Å². The van der Waals surface area contributed by atoms with Gasteiger partial charge in [-0.2, -0.15) is 5.26 Å². The van der Waals surface area contributed by atoms with Crippen molar-refractivity contribution in [1.29, 1.82) is 5.26 Å². The first-order chi connectivity index (χ1) is 7.97. The van der Waals surface area contributed by atoms with E-state index in [4.69, 9.17) is 10.4 Å². The highest BCUT2D eigenvalue weighted by molar-refractivity contribution is 5.81. The van der Waals surface area contributed by atoms with Crippen LogP contribution in [0.2, 0.25) is 0 Å². The Kier molecular flexibility index (Phi) is 4.50. The molecule has 17 heavy (non-hydrogen) atoms. The van der Waals surface area contributed by atoms with E-state index < -0.39 is 5.97 Å². The Hall–Kier alpha value is -1.57. The van der Waals surface area contributed by atoms with Crippen molar-refractivity contribution in [1.82, 2.24) is 4.90 Å². The van der Waals surface area contributed by atoms with Crippen LogP contribution in [-0.4, -0.2) is 35.0 Å². The van der Waals surface area contributed by atoms with Crippen LogP contribution in [0.5, 0.6) is 0 Å². The highest BCUT2D eigenvalue weighted by Crippen LogP contribution is 2.32. The van der Waals surface area contributed by atoms with Crippen molar-refractivity contribution < 1.29 is 14.7 Å². The highest BCUT2D eigenvalue weighted by atomic mass is 16.4. The van der Waals surface area contributed by atoms with Gasteiger partial charge in [-0.15, -0.1) is 0 Å². The van der Waals surface area contributed by atoms with Crippen molar-refractivity contribution >= 4 is 11.9 Å². The molecule has 0 aromatic carbocycles. The van der Waals surface area contributed by atoms with Gasteiger partial charge in [-0.25, -0.2) is 0 Å². The third-order valence-electron chi connectivity index (χ3n) is 3.53. The van der Waals surface area contributed by atoms with E-state index in [1.165, 1.54) is 0 Å². The van der Waals surface area contributed by atoms with Gasteiger partial charge < -0.3 is 10.0 Å². The van der Waals surface area contributed by atoms with Gasteiger partial charge in [0.05, 0.1) is 18.4 Å². The van der Waals surface area contributed by atoms with Crippen LogP contribution in [0.1, 0.15) is 32.6 Å². The van der Waals surface area contributed by atoms with Gasteiger partial charge >= 0.3 is 5.97 Å². The SMILES string of the molecule is CC(CC#N)N(C)C(=O)C1CCC(C(=O)O)C1. The van der Waals surface area contributed by atoms with Crippen molar-refractivity contribution in [3.8, 4) is 6.07 Å². The topological polar surface area (TPSA) is 81.4 Å². The first kappa shape index (κ1) is 13.5. The molecule has 1 amide bonds. The summed E-state index contributed by atoms with van der Waals surface area (Å²) in [7, 11) is 1.68. The number of carbonyl (C=O) groups is 2. The van der Waals surface area contributed by atoms with Crippen molar-refractivity contribution in [2.24, 2.45) is 11.8 Å². The molecule has 94 valence electrons. The average Bonchev–Trinajstić information content (AvgIpc) is 2.76. The fourth-order valence-electron chi connectivity index (χ4n) is 2.20. The summed E-state index contributed by atoms with van der Waals surface area (Å²) in [5.74, 6) is -1.42. The summed E-state index contributed by atoms with van der Waals surface area (Å²) >= 11 is 0. The molecule has 0 heterocycles. The molecule has 3 atom stereocenters. The Balaban J connectivity index is 2.55. The molecule has 5 nitrogen and oxygen atoms in total. The lowest BCUT2D eigenvalue weighted by Crippen LogP contribution is -2.38. The van der Waals surface area contributed by atoms with E-state index >= 15 is 0 Å². The Morgan fingerprint density at radius 1 is 1.47 bits per heavy atom. The van der Waals surface area contributed by atoms with E-state index in [2.05, 4.69) is 0 Å². The zero-order valence-electron chi connectivity index (χ0n) is 10.2. The van der Waals surface area contributed by atoms with Crippen molar-refractivity contribution in [3.63, 3.8) is 0 Å². The maximum Gasteiger partial charge on any atom is 0.306 e. The average molecular weight is 238 g/mol. The van der Waals surface area contributed by atoms with Crippen molar-refractivity contribution in [3.05, 3.63) is 0 Å². The van der Waals surface area contributed by atoms with E-state index in [1.807, 2.05) is 13.0 Å². The van der Waals surface area contributed by atoms with E-state index in [9.17, 15) is 9.59 Å². The molecule has 1 aliphatic rings. The summed E-state index contributed by atoms with van der Waals surface area (Å²) in [6.07, 6.45) is 1.95. The molecule has 1 rings (SSSR count). The molecule has 1 fully saturated rings. The molecule has 0 aliphatic heterocycles. The number of carbonyl (C=O) groups excluding carboxylic acids is 1. The summed E-state index contributed by atoms with van der Waals surface area (Å²) in [6.45, 7) is 1.82. The first-order valence-corrected chi connectivity index (χ1v) is 5.83. The molecule has 5 heteroatoms. The van der Waals surface area contributed by atoms with Gasteiger partial charge in [0.25, 0.3) is 0 Å². The van der Waals surface area contributed by atoms with Crippen LogP contribution in [0.4, 0.5) is 0 Å². The molecule has 0 saturated heterocycles. The Bertz CT molecular complexity index is 348. The third-order valence-corrected chi connectivity index (χ3v) is 3.53. The van der Waals surface area contributed by atoms with E-state index in [0.717, 1.165) is 0 Å². The van der Waals surface area contributed by atoms with Gasteiger partial charge in [0.1, 0.15) is 0 Å². The zero-order chi connectivity index (χ0) is 13.0. The molecular weight excluding hydrogens is 220 g/mol. The molecule has 1 saturated carbocycles. The minimum absolute atomic E-state index is 0.0310. The molecular formula is C12H18N2O3. The minimum atomic E-state index is -0.812. The van der Waals surface area contributed by atoms with Gasteiger partial charge in [-0.1, -0.05) is 0 Å². The largest absolute Gasteiger partial charge is 0.481 e. The third kappa shape index (κ3) is 3.19.